The summed E-state index contributed by atoms with van der Waals surface area (Å²) in [6.45, 7) is 9.46. The van der Waals surface area contributed by atoms with Crippen LogP contribution in [-0.4, -0.2) is 46.2 Å². The molecule has 1 aliphatic rings. The number of morpholine rings is 1. The average Bonchev–Trinajstić information content (AvgIpc) is 2.39. The minimum absolute atomic E-state index is 0.0537. The Morgan fingerprint density at radius 1 is 1.58 bits per heavy atom. The van der Waals surface area contributed by atoms with Crippen molar-refractivity contribution in [3.05, 3.63) is 23.3 Å². The molecule has 0 amide bonds. The molecule has 0 radical (unpaired) electrons. The molecule has 2 rings (SSSR count). The first-order valence-corrected chi connectivity index (χ1v) is 6.97. The van der Waals surface area contributed by atoms with Gasteiger partial charge in [-0.2, -0.15) is 0 Å². The van der Waals surface area contributed by atoms with Crippen LogP contribution < -0.4 is 0 Å². The molecule has 0 spiro atoms. The van der Waals surface area contributed by atoms with Crippen LogP contribution in [-0.2, 0) is 4.74 Å². The van der Waals surface area contributed by atoms with Gasteiger partial charge in [-0.05, 0) is 26.8 Å². The Balaban J connectivity index is 2.11. The summed E-state index contributed by atoms with van der Waals surface area (Å²) >= 11 is 0. The highest BCUT2D eigenvalue weighted by Gasteiger charge is 2.24. The molecule has 1 unspecified atom stereocenters. The number of nitrogens with zero attached hydrogens (tertiary/aromatic N) is 3. The maximum atomic E-state index is 9.60. The predicted molar refractivity (Wildman–Crippen MR) is 72.8 cm³/mol. The molecular weight excluding hydrogens is 242 g/mol. The Hall–Kier alpha value is -1.04. The Bertz CT molecular complexity index is 421. The average molecular weight is 265 g/mol. The molecule has 1 fully saturated rings. The van der Waals surface area contributed by atoms with E-state index in [0.29, 0.717) is 0 Å². The van der Waals surface area contributed by atoms with Crippen molar-refractivity contribution in [3.8, 4) is 0 Å². The van der Waals surface area contributed by atoms with E-state index in [1.54, 1.807) is 13.1 Å². The molecule has 0 aromatic carbocycles. The van der Waals surface area contributed by atoms with Gasteiger partial charge in [-0.15, -0.1) is 0 Å². The molecule has 0 aliphatic carbocycles. The zero-order valence-corrected chi connectivity index (χ0v) is 12.0. The first-order valence-electron chi connectivity index (χ1n) is 6.97. The van der Waals surface area contributed by atoms with Gasteiger partial charge in [-0.1, -0.05) is 6.92 Å². The topological polar surface area (TPSA) is 58.5 Å². The molecule has 5 nitrogen and oxygen atoms in total. The van der Waals surface area contributed by atoms with Crippen LogP contribution in [0.1, 0.15) is 49.6 Å². The standard InChI is InChI=1S/C14H23N3O2/c1-4-5-17-6-7-19-13(9-17)14-15-8-12(11(3)18)10(2)16-14/h8,11,13,18H,4-7,9H2,1-3H3/t11-,13?/m1/s1. The van der Waals surface area contributed by atoms with Gasteiger partial charge in [0.25, 0.3) is 0 Å². The summed E-state index contributed by atoms with van der Waals surface area (Å²) in [6.07, 6.45) is 2.28. The van der Waals surface area contributed by atoms with Crippen LogP contribution in [0.25, 0.3) is 0 Å². The molecule has 1 saturated heterocycles. The van der Waals surface area contributed by atoms with E-state index in [-0.39, 0.29) is 6.10 Å². The lowest BCUT2D eigenvalue weighted by Gasteiger charge is -2.32. The molecule has 1 aromatic rings. The van der Waals surface area contributed by atoms with Gasteiger partial charge >= 0.3 is 0 Å². The van der Waals surface area contributed by atoms with Gasteiger partial charge in [0, 0.05) is 30.5 Å². The first kappa shape index (κ1) is 14.4. The fraction of sp³-hybridized carbons (Fsp3) is 0.714. The Morgan fingerprint density at radius 3 is 3.00 bits per heavy atom. The molecule has 5 heteroatoms. The predicted octanol–water partition coefficient (Wildman–Crippen LogP) is 1.62. The van der Waals surface area contributed by atoms with Gasteiger partial charge < -0.3 is 9.84 Å². The van der Waals surface area contributed by atoms with Crippen LogP contribution in [0.15, 0.2) is 6.20 Å². The van der Waals surface area contributed by atoms with Crippen molar-refractivity contribution < 1.29 is 9.84 Å². The monoisotopic (exact) mass is 265 g/mol. The van der Waals surface area contributed by atoms with Crippen molar-refractivity contribution in [2.24, 2.45) is 0 Å². The number of aromatic nitrogens is 2. The Morgan fingerprint density at radius 2 is 2.37 bits per heavy atom. The molecular formula is C14H23N3O2. The first-order chi connectivity index (χ1) is 9.11. The van der Waals surface area contributed by atoms with Gasteiger partial charge in [-0.25, -0.2) is 9.97 Å². The molecule has 106 valence electrons. The fourth-order valence-corrected chi connectivity index (χ4v) is 2.44. The number of aliphatic hydroxyl groups excluding tert-OH is 1. The summed E-state index contributed by atoms with van der Waals surface area (Å²) in [5.74, 6) is 0.725. The minimum Gasteiger partial charge on any atom is -0.389 e. The molecule has 19 heavy (non-hydrogen) atoms. The molecule has 2 heterocycles. The second-order valence-electron chi connectivity index (χ2n) is 5.10. The minimum atomic E-state index is -0.530. The van der Waals surface area contributed by atoms with Crippen LogP contribution in [0, 0.1) is 6.92 Å². The third kappa shape index (κ3) is 3.49. The van der Waals surface area contributed by atoms with Gasteiger partial charge in [0.05, 0.1) is 12.7 Å². The van der Waals surface area contributed by atoms with Crippen LogP contribution in [0.5, 0.6) is 0 Å². The van der Waals surface area contributed by atoms with E-state index in [2.05, 4.69) is 21.8 Å². The van der Waals surface area contributed by atoms with Crippen LogP contribution in [0.4, 0.5) is 0 Å². The molecule has 2 atom stereocenters. The smallest absolute Gasteiger partial charge is 0.158 e. The molecule has 0 bridgehead atoms. The highest BCUT2D eigenvalue weighted by Crippen LogP contribution is 2.21. The van der Waals surface area contributed by atoms with Crippen molar-refractivity contribution in [2.75, 3.05) is 26.2 Å². The lowest BCUT2D eigenvalue weighted by atomic mass is 10.1. The van der Waals surface area contributed by atoms with E-state index in [9.17, 15) is 5.11 Å². The highest BCUT2D eigenvalue weighted by molar-refractivity contribution is 5.19. The largest absolute Gasteiger partial charge is 0.389 e. The van der Waals surface area contributed by atoms with E-state index in [1.807, 2.05) is 6.92 Å². The van der Waals surface area contributed by atoms with E-state index < -0.39 is 6.10 Å². The molecule has 1 aromatic heterocycles. The molecule has 1 N–H and O–H groups in total. The quantitative estimate of drug-likeness (QED) is 0.896. The number of hydrogen-bond donors (Lipinski definition) is 1. The van der Waals surface area contributed by atoms with E-state index >= 15 is 0 Å². The SMILES string of the molecule is CCCN1CCOC(c2ncc([C@@H](C)O)c(C)n2)C1. The number of ether oxygens (including phenoxy) is 1. The normalized spacial score (nSPS) is 22.4. The zero-order valence-electron chi connectivity index (χ0n) is 12.0. The second-order valence-corrected chi connectivity index (χ2v) is 5.10. The third-order valence-corrected chi connectivity index (χ3v) is 3.46. The van der Waals surface area contributed by atoms with Gasteiger partial charge in [0.15, 0.2) is 5.82 Å². The van der Waals surface area contributed by atoms with Crippen molar-refractivity contribution >= 4 is 0 Å². The van der Waals surface area contributed by atoms with Crippen molar-refractivity contribution in [2.45, 2.75) is 39.4 Å². The summed E-state index contributed by atoms with van der Waals surface area (Å²) in [5, 5.41) is 9.60. The zero-order chi connectivity index (χ0) is 13.8. The summed E-state index contributed by atoms with van der Waals surface area (Å²) in [5.41, 5.74) is 1.61. The van der Waals surface area contributed by atoms with Crippen LogP contribution >= 0.6 is 0 Å². The summed E-state index contributed by atoms with van der Waals surface area (Å²) in [4.78, 5) is 11.2. The Labute approximate surface area is 114 Å². The van der Waals surface area contributed by atoms with E-state index in [4.69, 9.17) is 4.74 Å². The van der Waals surface area contributed by atoms with Gasteiger partial charge in [-0.3, -0.25) is 4.90 Å². The highest BCUT2D eigenvalue weighted by atomic mass is 16.5. The third-order valence-electron chi connectivity index (χ3n) is 3.46. The number of aliphatic hydroxyl groups is 1. The summed E-state index contributed by atoms with van der Waals surface area (Å²) in [6, 6.07) is 0. The van der Waals surface area contributed by atoms with Crippen molar-refractivity contribution in [1.82, 2.24) is 14.9 Å². The lowest BCUT2D eigenvalue weighted by molar-refractivity contribution is -0.0343. The van der Waals surface area contributed by atoms with E-state index in [1.165, 1.54) is 0 Å². The van der Waals surface area contributed by atoms with Gasteiger partial charge in [0.1, 0.15) is 6.10 Å². The Kier molecular flexibility index (Phi) is 4.85. The fourth-order valence-electron chi connectivity index (χ4n) is 2.44. The number of aryl methyl sites for hydroxylation is 1. The maximum Gasteiger partial charge on any atom is 0.158 e. The van der Waals surface area contributed by atoms with Crippen LogP contribution in [0.2, 0.25) is 0 Å². The maximum absolute atomic E-state index is 9.60. The van der Waals surface area contributed by atoms with Crippen molar-refractivity contribution in [3.63, 3.8) is 0 Å². The second kappa shape index (κ2) is 6.41. The van der Waals surface area contributed by atoms with Gasteiger partial charge in [0.2, 0.25) is 0 Å². The number of rotatable bonds is 4. The van der Waals surface area contributed by atoms with Crippen molar-refractivity contribution in [1.29, 1.82) is 0 Å². The number of hydrogen-bond acceptors (Lipinski definition) is 5. The van der Waals surface area contributed by atoms with E-state index in [0.717, 1.165) is 49.7 Å². The summed E-state index contributed by atoms with van der Waals surface area (Å²) in [7, 11) is 0. The lowest BCUT2D eigenvalue weighted by Crippen LogP contribution is -2.39. The molecule has 0 saturated carbocycles. The van der Waals surface area contributed by atoms with Crippen LogP contribution in [0.3, 0.4) is 0 Å². The summed E-state index contributed by atoms with van der Waals surface area (Å²) < 4.78 is 5.77. The molecule has 1 aliphatic heterocycles.